The van der Waals surface area contributed by atoms with Gasteiger partial charge in [-0.25, -0.2) is 0 Å². The van der Waals surface area contributed by atoms with Crippen LogP contribution in [-0.4, -0.2) is 23.0 Å². The number of fused-ring (bicyclic) bond motifs is 1. The highest BCUT2D eigenvalue weighted by atomic mass is 16.6. The van der Waals surface area contributed by atoms with Crippen molar-refractivity contribution in [3.8, 4) is 0 Å². The topological polar surface area (TPSA) is 80.7 Å². The fraction of sp³-hybridized carbons (Fsp3) is 0.792. The summed E-state index contributed by atoms with van der Waals surface area (Å²) in [5.41, 5.74) is 0.0690. The van der Waals surface area contributed by atoms with Gasteiger partial charge in [0.05, 0.1) is 17.3 Å². The summed E-state index contributed by atoms with van der Waals surface area (Å²) < 4.78 is 5.22. The predicted octanol–water partition coefficient (Wildman–Crippen LogP) is 4.21. The molecule has 0 aromatic carbocycles. The van der Waals surface area contributed by atoms with Crippen LogP contribution in [0.15, 0.2) is 11.6 Å². The summed E-state index contributed by atoms with van der Waals surface area (Å²) in [5.74, 6) is -1.32. The number of hydrogen-bond donors (Lipinski definition) is 1. The summed E-state index contributed by atoms with van der Waals surface area (Å²) in [6.07, 6.45) is 7.49. The van der Waals surface area contributed by atoms with E-state index in [1.807, 2.05) is 6.92 Å². The highest BCUT2D eigenvalue weighted by Crippen LogP contribution is 2.75. The van der Waals surface area contributed by atoms with Crippen LogP contribution in [0.2, 0.25) is 0 Å². The van der Waals surface area contributed by atoms with Gasteiger partial charge in [0.1, 0.15) is 0 Å². The fourth-order valence-electron chi connectivity index (χ4n) is 8.62. The molecule has 1 aliphatic heterocycles. The number of carbonyl (C=O) groups excluding carboxylic acids is 2. The van der Waals surface area contributed by atoms with E-state index >= 15 is 0 Å². The van der Waals surface area contributed by atoms with Gasteiger partial charge in [-0.15, -0.1) is 0 Å². The quantitative estimate of drug-likeness (QED) is 0.427. The normalized spacial score (nSPS) is 50.5. The lowest BCUT2D eigenvalue weighted by Crippen LogP contribution is -2.66. The average Bonchev–Trinajstić information content (AvgIpc) is 2.97. The molecule has 158 valence electrons. The summed E-state index contributed by atoms with van der Waals surface area (Å²) in [5, 5.41) is 10.1. The minimum absolute atomic E-state index is 0.0441. The zero-order valence-corrected chi connectivity index (χ0v) is 17.9. The Labute approximate surface area is 172 Å². The van der Waals surface area contributed by atoms with Crippen LogP contribution in [0.5, 0.6) is 0 Å². The Morgan fingerprint density at radius 1 is 1.14 bits per heavy atom. The lowest BCUT2D eigenvalue weighted by atomic mass is 9.33. The van der Waals surface area contributed by atoms with Crippen molar-refractivity contribution in [2.45, 2.75) is 66.2 Å². The number of aliphatic carboxylic acids is 1. The monoisotopic (exact) mass is 400 g/mol. The van der Waals surface area contributed by atoms with Crippen molar-refractivity contribution >= 4 is 17.9 Å². The van der Waals surface area contributed by atoms with E-state index < -0.39 is 11.4 Å². The van der Waals surface area contributed by atoms with Crippen LogP contribution in [0.3, 0.4) is 0 Å². The molecule has 6 aliphatic rings. The Morgan fingerprint density at radius 2 is 1.86 bits per heavy atom. The van der Waals surface area contributed by atoms with E-state index in [0.717, 1.165) is 38.5 Å². The molecule has 0 aromatic rings. The molecular formula is C24H32O5. The van der Waals surface area contributed by atoms with Crippen molar-refractivity contribution in [3.05, 3.63) is 11.6 Å². The van der Waals surface area contributed by atoms with Crippen molar-refractivity contribution in [3.63, 3.8) is 0 Å². The zero-order chi connectivity index (χ0) is 20.9. The minimum Gasteiger partial charge on any atom is -0.481 e. The summed E-state index contributed by atoms with van der Waals surface area (Å²) in [6, 6.07) is 0. The molecule has 29 heavy (non-hydrogen) atoms. The van der Waals surface area contributed by atoms with Gasteiger partial charge in [0, 0.05) is 5.41 Å². The van der Waals surface area contributed by atoms with Crippen molar-refractivity contribution in [1.29, 1.82) is 0 Å². The summed E-state index contributed by atoms with van der Waals surface area (Å²) >= 11 is 0. The van der Waals surface area contributed by atoms with Gasteiger partial charge in [0.25, 0.3) is 0 Å². The Kier molecular flexibility index (Phi) is 3.82. The molecular weight excluding hydrogens is 368 g/mol. The summed E-state index contributed by atoms with van der Waals surface area (Å²) in [7, 11) is 0. The van der Waals surface area contributed by atoms with Gasteiger partial charge < -0.3 is 9.84 Å². The molecule has 1 N–H and O–H groups in total. The molecule has 6 rings (SSSR count). The largest absolute Gasteiger partial charge is 0.481 e. The van der Waals surface area contributed by atoms with Crippen molar-refractivity contribution in [2.75, 3.05) is 0 Å². The third kappa shape index (κ3) is 2.10. The molecule has 0 amide bonds. The van der Waals surface area contributed by atoms with E-state index in [0.29, 0.717) is 5.92 Å². The molecule has 0 aromatic heterocycles. The summed E-state index contributed by atoms with van der Waals surface area (Å²) in [4.78, 5) is 37.8. The molecule has 3 saturated carbocycles. The number of cyclic esters (lactones) is 2. The minimum atomic E-state index is -0.694. The van der Waals surface area contributed by atoms with Gasteiger partial charge in [0.15, 0.2) is 0 Å². The van der Waals surface area contributed by atoms with Gasteiger partial charge in [0.2, 0.25) is 0 Å². The number of carboxylic acids is 1. The Bertz CT molecular complexity index is 842. The first-order valence-corrected chi connectivity index (χ1v) is 11.3. The van der Waals surface area contributed by atoms with E-state index in [1.165, 1.54) is 5.57 Å². The van der Waals surface area contributed by atoms with Crippen LogP contribution < -0.4 is 0 Å². The standard InChI is InChI=1S/C24H32O5/c1-12(2)13-11-24-9-7-15-16(6-5-8-22(15,3)21(27)28)23(24,4)10-14(13)17-18(24)20(26)29-19(17)25/h11-12,14-18H,5-10H2,1-4H3,(H,27,28). The van der Waals surface area contributed by atoms with Crippen molar-refractivity contribution in [2.24, 2.45) is 51.8 Å². The molecule has 8 unspecified atom stereocenters. The third-order valence-electron chi connectivity index (χ3n) is 9.99. The molecule has 1 heterocycles. The van der Waals surface area contributed by atoms with Gasteiger partial charge in [-0.1, -0.05) is 38.8 Å². The molecule has 1 spiro atoms. The summed E-state index contributed by atoms with van der Waals surface area (Å²) in [6.45, 7) is 8.57. The second-order valence-electron chi connectivity index (χ2n) is 11.2. The molecule has 0 radical (unpaired) electrons. The number of allylic oxidation sites excluding steroid dienone is 2. The molecule has 2 bridgehead atoms. The predicted molar refractivity (Wildman–Crippen MR) is 105 cm³/mol. The van der Waals surface area contributed by atoms with E-state index in [2.05, 4.69) is 26.8 Å². The molecule has 1 saturated heterocycles. The van der Waals surface area contributed by atoms with E-state index in [-0.39, 0.29) is 52.4 Å². The Hall–Kier alpha value is -1.65. The number of carbonyl (C=O) groups is 3. The third-order valence-corrected chi connectivity index (χ3v) is 9.99. The van der Waals surface area contributed by atoms with Crippen LogP contribution >= 0.6 is 0 Å². The number of rotatable bonds is 2. The second kappa shape index (κ2) is 5.73. The van der Waals surface area contributed by atoms with Crippen LogP contribution in [0.1, 0.15) is 66.2 Å². The SMILES string of the molecule is CC(C)C1=CC23CCC4C(CCCC4(C)C(=O)O)C2(C)CC1C1C(=O)OC(=O)C13. The second-order valence-corrected chi connectivity index (χ2v) is 11.2. The highest BCUT2D eigenvalue weighted by Gasteiger charge is 2.74. The maximum Gasteiger partial charge on any atom is 0.318 e. The van der Waals surface area contributed by atoms with E-state index in [1.54, 1.807) is 0 Å². The lowest BCUT2D eigenvalue weighted by molar-refractivity contribution is -0.198. The fourth-order valence-corrected chi connectivity index (χ4v) is 8.62. The van der Waals surface area contributed by atoms with Gasteiger partial charge in [-0.3, -0.25) is 14.4 Å². The maximum absolute atomic E-state index is 12.9. The van der Waals surface area contributed by atoms with Gasteiger partial charge in [-0.05, 0) is 68.1 Å². The number of esters is 2. The van der Waals surface area contributed by atoms with Crippen LogP contribution in [0, 0.1) is 51.8 Å². The zero-order valence-electron chi connectivity index (χ0n) is 17.9. The Morgan fingerprint density at radius 3 is 2.52 bits per heavy atom. The van der Waals surface area contributed by atoms with Crippen molar-refractivity contribution in [1.82, 2.24) is 0 Å². The first-order valence-electron chi connectivity index (χ1n) is 11.3. The lowest BCUT2D eigenvalue weighted by Gasteiger charge is -2.69. The van der Waals surface area contributed by atoms with Crippen LogP contribution in [-0.2, 0) is 19.1 Å². The molecule has 5 aliphatic carbocycles. The molecule has 4 fully saturated rings. The van der Waals surface area contributed by atoms with Crippen LogP contribution in [0.4, 0.5) is 0 Å². The average molecular weight is 401 g/mol. The number of hydrogen-bond acceptors (Lipinski definition) is 4. The highest BCUT2D eigenvalue weighted by molar-refractivity contribution is 5.98. The van der Waals surface area contributed by atoms with Crippen molar-refractivity contribution < 1.29 is 24.2 Å². The van der Waals surface area contributed by atoms with Gasteiger partial charge >= 0.3 is 17.9 Å². The van der Waals surface area contributed by atoms with Gasteiger partial charge in [-0.2, -0.15) is 0 Å². The molecule has 5 nitrogen and oxygen atoms in total. The first-order chi connectivity index (χ1) is 13.6. The van der Waals surface area contributed by atoms with Crippen LogP contribution in [0.25, 0.3) is 0 Å². The number of ether oxygens (including phenoxy) is 1. The smallest absolute Gasteiger partial charge is 0.318 e. The number of carboxylic acid groups (broad SMARTS) is 1. The maximum atomic E-state index is 12.9. The molecule has 5 heteroatoms. The Balaban J connectivity index is 1.67. The molecule has 8 atom stereocenters. The van der Waals surface area contributed by atoms with E-state index in [4.69, 9.17) is 4.74 Å². The van der Waals surface area contributed by atoms with E-state index in [9.17, 15) is 19.5 Å². The first kappa shape index (κ1) is 19.3.